The lowest BCUT2D eigenvalue weighted by Crippen LogP contribution is -2.14. The van der Waals surface area contributed by atoms with Gasteiger partial charge in [-0.1, -0.05) is 11.6 Å². The van der Waals surface area contributed by atoms with E-state index in [-0.39, 0.29) is 21.0 Å². The first-order chi connectivity index (χ1) is 8.88. The van der Waals surface area contributed by atoms with Gasteiger partial charge in [-0.3, -0.25) is 4.72 Å². The fraction of sp³-hybridized carbons (Fsp3) is 0. The Balaban J connectivity index is 2.35. The first-order valence-corrected chi connectivity index (χ1v) is 7.09. The number of hydrogen-bond acceptors (Lipinski definition) is 4. The monoisotopic (exact) mass is 321 g/mol. The summed E-state index contributed by atoms with van der Waals surface area (Å²) in [6.07, 6.45) is 1.30. The van der Waals surface area contributed by atoms with Crippen LogP contribution >= 0.6 is 23.2 Å². The van der Waals surface area contributed by atoms with Crippen molar-refractivity contribution in [2.24, 2.45) is 0 Å². The molecule has 9 heteroatoms. The Bertz CT molecular complexity index is 724. The van der Waals surface area contributed by atoms with Crippen LogP contribution in [0.2, 0.25) is 10.3 Å². The summed E-state index contributed by atoms with van der Waals surface area (Å²) in [6, 6.07) is 4.38. The van der Waals surface area contributed by atoms with E-state index in [1.165, 1.54) is 12.3 Å². The summed E-state index contributed by atoms with van der Waals surface area (Å²) in [4.78, 5) is 7.11. The predicted octanol–water partition coefficient (Wildman–Crippen LogP) is 2.72. The van der Waals surface area contributed by atoms with Gasteiger partial charge in [-0.15, -0.1) is 0 Å². The van der Waals surface area contributed by atoms with E-state index in [2.05, 4.69) is 14.7 Å². The van der Waals surface area contributed by atoms with Crippen molar-refractivity contribution < 1.29 is 12.8 Å². The number of hydrogen-bond donors (Lipinski definition) is 1. The van der Waals surface area contributed by atoms with Crippen molar-refractivity contribution >= 4 is 39.0 Å². The van der Waals surface area contributed by atoms with Crippen molar-refractivity contribution in [2.45, 2.75) is 4.90 Å². The molecular formula is C10H6Cl2FN3O2S. The minimum Gasteiger partial charge on any atom is -0.263 e. The maximum atomic E-state index is 13.0. The quantitative estimate of drug-likeness (QED) is 0.882. The molecule has 0 radical (unpaired) electrons. The Kier molecular flexibility index (Phi) is 3.88. The lowest BCUT2D eigenvalue weighted by Gasteiger charge is -2.07. The molecule has 1 heterocycles. The molecule has 0 spiro atoms. The van der Waals surface area contributed by atoms with Gasteiger partial charge in [0.1, 0.15) is 11.6 Å². The third kappa shape index (κ3) is 3.31. The van der Waals surface area contributed by atoms with Crippen molar-refractivity contribution in [3.63, 3.8) is 0 Å². The van der Waals surface area contributed by atoms with Gasteiger partial charge in [0.2, 0.25) is 5.28 Å². The van der Waals surface area contributed by atoms with Gasteiger partial charge in [0.15, 0.2) is 0 Å². The third-order valence-corrected chi connectivity index (χ3v) is 3.89. The van der Waals surface area contributed by atoms with E-state index in [9.17, 15) is 12.8 Å². The van der Waals surface area contributed by atoms with Gasteiger partial charge >= 0.3 is 0 Å². The van der Waals surface area contributed by atoms with Gasteiger partial charge in [0.05, 0.1) is 9.92 Å². The minimum absolute atomic E-state index is 0.000414. The third-order valence-electron chi connectivity index (χ3n) is 2.07. The highest BCUT2D eigenvalue weighted by atomic mass is 35.5. The Morgan fingerprint density at radius 3 is 2.58 bits per heavy atom. The number of rotatable bonds is 3. The molecule has 5 nitrogen and oxygen atoms in total. The highest BCUT2D eigenvalue weighted by Crippen LogP contribution is 2.21. The van der Waals surface area contributed by atoms with E-state index in [4.69, 9.17) is 23.2 Å². The van der Waals surface area contributed by atoms with Crippen molar-refractivity contribution in [1.82, 2.24) is 9.97 Å². The standard InChI is InChI=1S/C10H6Cl2FN3O2S/c11-7-5-6(1-2-8(7)13)19(17,18)16-9-3-4-14-10(12)15-9/h1-5H,(H,14,15,16). The molecule has 1 aromatic carbocycles. The molecule has 0 saturated heterocycles. The summed E-state index contributed by atoms with van der Waals surface area (Å²) >= 11 is 11.1. The molecular weight excluding hydrogens is 316 g/mol. The topological polar surface area (TPSA) is 72.0 Å². The molecule has 0 amide bonds. The second-order valence-electron chi connectivity index (χ2n) is 3.39. The van der Waals surface area contributed by atoms with Crippen LogP contribution in [-0.2, 0) is 10.0 Å². The zero-order valence-corrected chi connectivity index (χ0v) is 11.5. The fourth-order valence-electron chi connectivity index (χ4n) is 1.23. The first-order valence-electron chi connectivity index (χ1n) is 4.85. The van der Waals surface area contributed by atoms with E-state index < -0.39 is 15.8 Å². The van der Waals surface area contributed by atoms with Crippen LogP contribution in [0.3, 0.4) is 0 Å². The van der Waals surface area contributed by atoms with Gasteiger partial charge in [-0.05, 0) is 35.9 Å². The van der Waals surface area contributed by atoms with Gasteiger partial charge in [-0.2, -0.15) is 4.98 Å². The maximum Gasteiger partial charge on any atom is 0.263 e. The smallest absolute Gasteiger partial charge is 0.263 e. The lowest BCUT2D eigenvalue weighted by molar-refractivity contribution is 0.599. The minimum atomic E-state index is -3.92. The highest BCUT2D eigenvalue weighted by Gasteiger charge is 2.16. The Hall–Kier alpha value is -1.44. The van der Waals surface area contributed by atoms with Crippen LogP contribution in [0.1, 0.15) is 0 Å². The Morgan fingerprint density at radius 2 is 1.95 bits per heavy atom. The van der Waals surface area contributed by atoms with Gasteiger partial charge in [0.25, 0.3) is 10.0 Å². The van der Waals surface area contributed by atoms with E-state index in [1.54, 1.807) is 0 Å². The molecule has 1 N–H and O–H groups in total. The van der Waals surface area contributed by atoms with Crippen LogP contribution in [0, 0.1) is 5.82 Å². The van der Waals surface area contributed by atoms with Gasteiger partial charge in [0, 0.05) is 6.20 Å². The zero-order valence-electron chi connectivity index (χ0n) is 9.14. The molecule has 0 aliphatic rings. The van der Waals surface area contributed by atoms with Crippen molar-refractivity contribution in [1.29, 1.82) is 0 Å². The molecule has 0 unspecified atom stereocenters. The second-order valence-corrected chi connectivity index (χ2v) is 5.82. The van der Waals surface area contributed by atoms with Crippen LogP contribution < -0.4 is 4.72 Å². The lowest BCUT2D eigenvalue weighted by atomic mass is 10.3. The zero-order chi connectivity index (χ0) is 14.0. The summed E-state index contributed by atoms with van der Waals surface area (Å²) in [5, 5.41) is -0.388. The molecule has 0 atom stereocenters. The van der Waals surface area contributed by atoms with E-state index in [0.717, 1.165) is 18.2 Å². The largest absolute Gasteiger partial charge is 0.263 e. The Labute approximate surface area is 118 Å². The number of benzene rings is 1. The van der Waals surface area contributed by atoms with Crippen LogP contribution in [0.4, 0.5) is 10.2 Å². The number of halogens is 3. The predicted molar refractivity (Wildman–Crippen MR) is 69.3 cm³/mol. The van der Waals surface area contributed by atoms with Crippen LogP contribution in [-0.4, -0.2) is 18.4 Å². The SMILES string of the molecule is O=S(=O)(Nc1ccnc(Cl)n1)c1ccc(F)c(Cl)c1. The number of nitrogens with zero attached hydrogens (tertiary/aromatic N) is 2. The Morgan fingerprint density at radius 1 is 1.21 bits per heavy atom. The number of anilines is 1. The van der Waals surface area contributed by atoms with Gasteiger partial charge < -0.3 is 0 Å². The average molecular weight is 322 g/mol. The number of aromatic nitrogens is 2. The summed E-state index contributed by atoms with van der Waals surface area (Å²) < 4.78 is 39.1. The van der Waals surface area contributed by atoms with Crippen molar-refractivity contribution in [2.75, 3.05) is 4.72 Å². The summed E-state index contributed by atoms with van der Waals surface area (Å²) in [6.45, 7) is 0. The van der Waals surface area contributed by atoms with E-state index >= 15 is 0 Å². The second kappa shape index (κ2) is 5.28. The molecule has 2 aromatic rings. The van der Waals surface area contributed by atoms with Gasteiger partial charge in [-0.25, -0.2) is 17.8 Å². The fourth-order valence-corrected chi connectivity index (χ4v) is 2.65. The number of nitrogens with one attached hydrogen (secondary N) is 1. The molecule has 100 valence electrons. The average Bonchev–Trinajstić information content (AvgIpc) is 2.32. The van der Waals surface area contributed by atoms with Crippen molar-refractivity contribution in [3.05, 3.63) is 46.6 Å². The first kappa shape index (κ1) is 14.0. The van der Waals surface area contributed by atoms with Crippen LogP contribution in [0.25, 0.3) is 0 Å². The van der Waals surface area contributed by atoms with Crippen LogP contribution in [0.5, 0.6) is 0 Å². The number of sulfonamides is 1. The van der Waals surface area contributed by atoms with E-state index in [0.29, 0.717) is 0 Å². The molecule has 0 bridgehead atoms. The summed E-state index contributed by atoms with van der Waals surface area (Å²) in [5.74, 6) is -0.703. The molecule has 0 saturated carbocycles. The highest BCUT2D eigenvalue weighted by molar-refractivity contribution is 7.92. The van der Waals surface area contributed by atoms with E-state index in [1.807, 2.05) is 0 Å². The molecule has 0 aliphatic heterocycles. The molecule has 0 aliphatic carbocycles. The molecule has 2 rings (SSSR count). The normalized spacial score (nSPS) is 11.3. The van der Waals surface area contributed by atoms with Crippen LogP contribution in [0.15, 0.2) is 35.4 Å². The summed E-state index contributed by atoms with van der Waals surface area (Å²) in [7, 11) is -3.92. The molecule has 19 heavy (non-hydrogen) atoms. The maximum absolute atomic E-state index is 13.0. The molecule has 0 fully saturated rings. The summed E-state index contributed by atoms with van der Waals surface area (Å²) in [5.41, 5.74) is 0. The molecule has 1 aromatic heterocycles. The van der Waals surface area contributed by atoms with Crippen molar-refractivity contribution in [3.8, 4) is 0 Å².